The molecule has 3 fully saturated rings. The summed E-state index contributed by atoms with van der Waals surface area (Å²) in [5.41, 5.74) is 4.08. The second kappa shape index (κ2) is 13.6. The number of hydrogen-bond acceptors (Lipinski definition) is 2. The second-order valence-electron chi connectivity index (χ2n) is 12.5. The number of nitrogens with zero attached hydrogens (tertiary/aromatic N) is 1. The lowest BCUT2D eigenvalue weighted by Crippen LogP contribution is -3.00. The van der Waals surface area contributed by atoms with Crippen LogP contribution < -0.4 is 17.0 Å². The molecule has 2 saturated heterocycles. The minimum absolute atomic E-state index is 0. The van der Waals surface area contributed by atoms with Crippen LogP contribution in [0.25, 0.3) is 0 Å². The largest absolute Gasteiger partial charge is 1.00 e. The molecule has 2 aromatic carbocycles. The van der Waals surface area contributed by atoms with Gasteiger partial charge in [0.25, 0.3) is 0 Å². The number of piperidine rings is 1. The molecule has 38 heavy (non-hydrogen) atoms. The molecule has 3 aliphatic rings. The molecule has 0 amide bonds. The van der Waals surface area contributed by atoms with Crippen LogP contribution in [0.4, 0.5) is 0 Å². The first-order valence-corrected chi connectivity index (χ1v) is 15.2. The van der Waals surface area contributed by atoms with Gasteiger partial charge in [-0.25, -0.2) is 0 Å². The lowest BCUT2D eigenvalue weighted by Gasteiger charge is -2.47. The second-order valence-corrected chi connectivity index (χ2v) is 12.5. The number of halogens is 1. The first-order chi connectivity index (χ1) is 18.1. The van der Waals surface area contributed by atoms with E-state index < -0.39 is 0 Å². The van der Waals surface area contributed by atoms with Gasteiger partial charge < -0.3 is 26.2 Å². The molecular weight excluding hydrogens is 534 g/mol. The van der Waals surface area contributed by atoms with E-state index in [1.165, 1.54) is 68.9 Å². The Kier molecular flexibility index (Phi) is 10.5. The Labute approximate surface area is 241 Å². The van der Waals surface area contributed by atoms with Gasteiger partial charge in [0, 0.05) is 31.2 Å². The maximum absolute atomic E-state index is 13.7. The van der Waals surface area contributed by atoms with Crippen molar-refractivity contribution in [2.75, 3.05) is 7.05 Å². The van der Waals surface area contributed by atoms with E-state index in [-0.39, 0.29) is 35.0 Å². The Hall–Kier alpha value is -1.65. The summed E-state index contributed by atoms with van der Waals surface area (Å²) in [5.74, 6) is 0.366. The molecule has 0 aromatic heterocycles. The molecule has 4 heteroatoms. The van der Waals surface area contributed by atoms with Crippen LogP contribution >= 0.6 is 0 Å². The number of ether oxygens (including phenoxy) is 1. The van der Waals surface area contributed by atoms with Crippen molar-refractivity contribution in [1.82, 2.24) is 0 Å². The van der Waals surface area contributed by atoms with Crippen molar-refractivity contribution in [1.29, 1.82) is 0 Å². The molecule has 208 valence electrons. The predicted molar refractivity (Wildman–Crippen MR) is 151 cm³/mol. The Morgan fingerprint density at radius 1 is 0.868 bits per heavy atom. The third-order valence-corrected chi connectivity index (χ3v) is 10.0. The molecule has 1 unspecified atom stereocenters. The van der Waals surface area contributed by atoms with Crippen LogP contribution in [0.15, 0.2) is 54.6 Å². The topological polar surface area (TPSA) is 26.3 Å². The number of unbranched alkanes of at least 4 members (excludes halogenated alkanes) is 2. The molecule has 5 rings (SSSR count). The van der Waals surface area contributed by atoms with Crippen LogP contribution in [0.2, 0.25) is 0 Å². The van der Waals surface area contributed by atoms with Gasteiger partial charge in [-0.1, -0.05) is 93.6 Å². The van der Waals surface area contributed by atoms with Gasteiger partial charge in [-0.3, -0.25) is 4.79 Å². The summed E-state index contributed by atoms with van der Waals surface area (Å²) in [5, 5.41) is 0. The molecule has 2 heterocycles. The van der Waals surface area contributed by atoms with Crippen LogP contribution in [-0.2, 0) is 22.5 Å². The van der Waals surface area contributed by atoms with E-state index in [4.69, 9.17) is 4.74 Å². The highest BCUT2D eigenvalue weighted by Crippen LogP contribution is 2.44. The van der Waals surface area contributed by atoms with Gasteiger partial charge in [-0.2, -0.15) is 0 Å². The quantitative estimate of drug-likeness (QED) is 0.225. The fraction of sp³-hybridized carbons (Fsp3) is 0.618. The number of fused-ring (bicyclic) bond motifs is 2. The first kappa shape index (κ1) is 29.3. The summed E-state index contributed by atoms with van der Waals surface area (Å²) in [6.45, 7) is 3.37. The van der Waals surface area contributed by atoms with E-state index in [1.807, 2.05) is 6.07 Å². The van der Waals surface area contributed by atoms with Crippen molar-refractivity contribution in [2.24, 2.45) is 5.92 Å². The van der Waals surface area contributed by atoms with E-state index in [2.05, 4.69) is 62.5 Å². The monoisotopic (exact) mass is 581 g/mol. The standard InChI is InChI=1S/C34H48NO2.BrH/c1-3-4-7-12-26-17-19-27(20-18-26)25-35(2)30-21-22-31(35)24-32(23-30)37-34(36)33(28-13-8-5-9-14-28)29-15-10-6-11-16-29;/h5,8-9,13-14,17-20,29-33H,3-4,6-7,10-12,15-16,21-25H2,1-2H3;1H/q+1;/p-1/t30-,31-,32?,33?,35?;/m1./s1. The van der Waals surface area contributed by atoms with Crippen LogP contribution in [-0.4, -0.2) is 35.7 Å². The summed E-state index contributed by atoms with van der Waals surface area (Å²) in [6.07, 6.45) is 15.8. The Morgan fingerprint density at radius 2 is 1.50 bits per heavy atom. The summed E-state index contributed by atoms with van der Waals surface area (Å²) in [7, 11) is 2.46. The van der Waals surface area contributed by atoms with Crippen LogP contribution in [0.3, 0.4) is 0 Å². The number of carbonyl (C=O) groups excluding carboxylic acids is 1. The minimum atomic E-state index is -0.0993. The molecule has 3 atom stereocenters. The molecule has 1 aliphatic carbocycles. The highest BCUT2D eigenvalue weighted by atomic mass is 79.9. The van der Waals surface area contributed by atoms with Gasteiger partial charge in [-0.15, -0.1) is 0 Å². The lowest BCUT2D eigenvalue weighted by atomic mass is 9.77. The van der Waals surface area contributed by atoms with Crippen molar-refractivity contribution in [2.45, 2.75) is 121 Å². The zero-order valence-electron chi connectivity index (χ0n) is 23.6. The Bertz CT molecular complexity index is 987. The summed E-state index contributed by atoms with van der Waals surface area (Å²) >= 11 is 0. The zero-order chi connectivity index (χ0) is 25.7. The van der Waals surface area contributed by atoms with Gasteiger partial charge in [0.05, 0.1) is 25.0 Å². The van der Waals surface area contributed by atoms with Crippen molar-refractivity contribution < 1.29 is 31.0 Å². The number of rotatable bonds is 10. The molecule has 1 saturated carbocycles. The van der Waals surface area contributed by atoms with Gasteiger partial charge in [-0.05, 0) is 42.7 Å². The smallest absolute Gasteiger partial charge is 0.313 e. The van der Waals surface area contributed by atoms with Gasteiger partial charge in [0.15, 0.2) is 0 Å². The predicted octanol–water partition coefficient (Wildman–Crippen LogP) is 4.97. The van der Waals surface area contributed by atoms with E-state index >= 15 is 0 Å². The zero-order valence-corrected chi connectivity index (χ0v) is 25.2. The molecule has 0 spiro atoms. The number of quaternary nitrogens is 1. The highest BCUT2D eigenvalue weighted by molar-refractivity contribution is 5.78. The first-order valence-electron chi connectivity index (χ1n) is 15.2. The highest BCUT2D eigenvalue weighted by Gasteiger charge is 2.52. The Balaban J connectivity index is 0.00000336. The summed E-state index contributed by atoms with van der Waals surface area (Å²) < 4.78 is 7.52. The maximum Gasteiger partial charge on any atom is 0.313 e. The van der Waals surface area contributed by atoms with E-state index in [9.17, 15) is 4.79 Å². The van der Waals surface area contributed by atoms with Crippen LogP contribution in [0.1, 0.15) is 107 Å². The van der Waals surface area contributed by atoms with Crippen molar-refractivity contribution in [3.8, 4) is 0 Å². The maximum atomic E-state index is 13.7. The molecule has 3 nitrogen and oxygen atoms in total. The van der Waals surface area contributed by atoms with Gasteiger partial charge in [0.2, 0.25) is 0 Å². The Morgan fingerprint density at radius 3 is 2.13 bits per heavy atom. The third-order valence-electron chi connectivity index (χ3n) is 10.0. The van der Waals surface area contributed by atoms with E-state index in [0.29, 0.717) is 18.0 Å². The number of hydrogen-bond donors (Lipinski definition) is 0. The van der Waals surface area contributed by atoms with E-state index in [1.54, 1.807) is 0 Å². The number of esters is 1. The summed E-state index contributed by atoms with van der Waals surface area (Å²) in [6, 6.07) is 21.1. The minimum Gasteiger partial charge on any atom is -1.00 e. The van der Waals surface area contributed by atoms with Crippen LogP contribution in [0, 0.1) is 5.92 Å². The normalized spacial score (nSPS) is 27.9. The molecule has 2 aromatic rings. The van der Waals surface area contributed by atoms with E-state index in [0.717, 1.165) is 42.3 Å². The molecule has 2 aliphatic heterocycles. The number of aryl methyl sites for hydroxylation is 1. The van der Waals surface area contributed by atoms with Crippen LogP contribution in [0.5, 0.6) is 0 Å². The summed E-state index contributed by atoms with van der Waals surface area (Å²) in [4.78, 5) is 13.7. The van der Waals surface area contributed by atoms with Gasteiger partial charge >= 0.3 is 5.97 Å². The molecule has 0 radical (unpaired) electrons. The van der Waals surface area contributed by atoms with Gasteiger partial charge in [0.1, 0.15) is 12.6 Å². The average molecular weight is 583 g/mol. The lowest BCUT2D eigenvalue weighted by molar-refractivity contribution is -0.961. The van der Waals surface area contributed by atoms with Crippen molar-refractivity contribution in [3.05, 3.63) is 71.3 Å². The molecule has 0 N–H and O–H groups in total. The fourth-order valence-corrected chi connectivity index (χ4v) is 7.80. The molecule has 2 bridgehead atoms. The SMILES string of the molecule is CCCCCc1ccc(C[N+]2(C)[C@@H]3CC[C@@H]2CC(OC(=O)C(c2ccccc2)C2CCCCC2)C3)cc1.[Br-]. The third kappa shape index (κ3) is 6.73. The van der Waals surface area contributed by atoms with Crippen molar-refractivity contribution in [3.63, 3.8) is 0 Å². The fourth-order valence-electron chi connectivity index (χ4n) is 7.80. The average Bonchev–Trinajstić information content (AvgIpc) is 3.06. The van der Waals surface area contributed by atoms with Crippen molar-refractivity contribution >= 4 is 5.97 Å². The molecular formula is C34H48BrNO2. The number of benzene rings is 2. The number of carbonyl (C=O) groups is 1.